The SMILES string of the molecule is O=Cc1cnc2c(ccn2-c2ccc(C3(C(=O)O)CC3)cc2)c1. The quantitative estimate of drug-likeness (QED) is 0.752. The molecule has 4 rings (SSSR count). The molecular weight excluding hydrogens is 292 g/mol. The van der Waals surface area contributed by atoms with Crippen molar-refractivity contribution < 1.29 is 14.7 Å². The average molecular weight is 306 g/mol. The van der Waals surface area contributed by atoms with Crippen molar-refractivity contribution in [3.63, 3.8) is 0 Å². The van der Waals surface area contributed by atoms with Crippen LogP contribution in [0.5, 0.6) is 0 Å². The van der Waals surface area contributed by atoms with Crippen molar-refractivity contribution in [3.8, 4) is 5.69 Å². The summed E-state index contributed by atoms with van der Waals surface area (Å²) >= 11 is 0. The van der Waals surface area contributed by atoms with Gasteiger partial charge in [0.25, 0.3) is 0 Å². The molecule has 114 valence electrons. The van der Waals surface area contributed by atoms with E-state index in [0.29, 0.717) is 18.4 Å². The number of rotatable bonds is 4. The van der Waals surface area contributed by atoms with Crippen LogP contribution in [0.4, 0.5) is 0 Å². The molecule has 5 nitrogen and oxygen atoms in total. The summed E-state index contributed by atoms with van der Waals surface area (Å²) in [7, 11) is 0. The van der Waals surface area contributed by atoms with Crippen LogP contribution in [-0.2, 0) is 10.2 Å². The van der Waals surface area contributed by atoms with Gasteiger partial charge in [0, 0.05) is 29.0 Å². The van der Waals surface area contributed by atoms with E-state index < -0.39 is 11.4 Å². The molecule has 0 amide bonds. The summed E-state index contributed by atoms with van der Waals surface area (Å²) in [6.07, 6.45) is 5.61. The highest BCUT2D eigenvalue weighted by Crippen LogP contribution is 2.48. The Morgan fingerprint density at radius 1 is 1.22 bits per heavy atom. The Morgan fingerprint density at radius 3 is 2.57 bits per heavy atom. The lowest BCUT2D eigenvalue weighted by Gasteiger charge is -2.11. The van der Waals surface area contributed by atoms with Gasteiger partial charge in [-0.05, 0) is 42.7 Å². The van der Waals surface area contributed by atoms with Gasteiger partial charge in [0.05, 0.1) is 5.41 Å². The van der Waals surface area contributed by atoms with E-state index in [9.17, 15) is 14.7 Å². The van der Waals surface area contributed by atoms with Crippen LogP contribution in [0.15, 0.2) is 48.8 Å². The summed E-state index contributed by atoms with van der Waals surface area (Å²) in [4.78, 5) is 26.6. The van der Waals surface area contributed by atoms with E-state index in [1.807, 2.05) is 41.1 Å². The molecule has 0 unspecified atom stereocenters. The topological polar surface area (TPSA) is 72.2 Å². The van der Waals surface area contributed by atoms with Gasteiger partial charge in [-0.3, -0.25) is 9.59 Å². The van der Waals surface area contributed by atoms with Gasteiger partial charge >= 0.3 is 5.97 Å². The number of hydrogen-bond acceptors (Lipinski definition) is 3. The molecule has 1 aromatic carbocycles. The van der Waals surface area contributed by atoms with E-state index in [2.05, 4.69) is 4.98 Å². The fraction of sp³-hybridized carbons (Fsp3) is 0.167. The number of aromatic nitrogens is 2. The first kappa shape index (κ1) is 13.7. The molecule has 23 heavy (non-hydrogen) atoms. The summed E-state index contributed by atoms with van der Waals surface area (Å²) < 4.78 is 1.92. The van der Waals surface area contributed by atoms with Crippen molar-refractivity contribution in [2.24, 2.45) is 0 Å². The van der Waals surface area contributed by atoms with Gasteiger partial charge in [-0.1, -0.05) is 12.1 Å². The lowest BCUT2D eigenvalue weighted by Crippen LogP contribution is -2.19. The number of carbonyl (C=O) groups is 2. The van der Waals surface area contributed by atoms with Gasteiger partial charge in [0.2, 0.25) is 0 Å². The maximum absolute atomic E-state index is 11.4. The van der Waals surface area contributed by atoms with Crippen LogP contribution >= 0.6 is 0 Å². The van der Waals surface area contributed by atoms with Crippen molar-refractivity contribution in [2.45, 2.75) is 18.3 Å². The third-order valence-electron chi connectivity index (χ3n) is 4.54. The van der Waals surface area contributed by atoms with Crippen molar-refractivity contribution in [3.05, 3.63) is 59.9 Å². The smallest absolute Gasteiger partial charge is 0.314 e. The molecule has 1 N–H and O–H groups in total. The van der Waals surface area contributed by atoms with Crippen molar-refractivity contribution >= 4 is 23.3 Å². The number of benzene rings is 1. The molecule has 1 fully saturated rings. The molecule has 0 saturated heterocycles. The molecule has 5 heteroatoms. The van der Waals surface area contributed by atoms with E-state index >= 15 is 0 Å². The summed E-state index contributed by atoms with van der Waals surface area (Å²) in [6, 6.07) is 11.3. The number of carboxylic acid groups (broad SMARTS) is 1. The number of pyridine rings is 1. The Labute approximate surface area is 132 Å². The number of carbonyl (C=O) groups excluding carboxylic acids is 1. The molecule has 2 aromatic heterocycles. The average Bonchev–Trinajstić information content (AvgIpc) is 3.29. The molecule has 3 aromatic rings. The molecule has 0 atom stereocenters. The number of aldehydes is 1. The molecule has 0 radical (unpaired) electrons. The molecule has 1 aliphatic carbocycles. The second kappa shape index (κ2) is 4.78. The Hall–Kier alpha value is -2.95. The monoisotopic (exact) mass is 306 g/mol. The highest BCUT2D eigenvalue weighted by molar-refractivity contribution is 5.86. The minimum absolute atomic E-state index is 0.544. The maximum atomic E-state index is 11.4. The summed E-state index contributed by atoms with van der Waals surface area (Å²) in [5.74, 6) is -0.750. The maximum Gasteiger partial charge on any atom is 0.314 e. The number of nitrogens with zero attached hydrogens (tertiary/aromatic N) is 2. The predicted molar refractivity (Wildman–Crippen MR) is 85.0 cm³/mol. The zero-order valence-electron chi connectivity index (χ0n) is 12.3. The normalized spacial score (nSPS) is 15.5. The van der Waals surface area contributed by atoms with Gasteiger partial charge in [-0.15, -0.1) is 0 Å². The number of fused-ring (bicyclic) bond motifs is 1. The van der Waals surface area contributed by atoms with Crippen molar-refractivity contribution in [1.82, 2.24) is 9.55 Å². The van der Waals surface area contributed by atoms with Crippen molar-refractivity contribution in [1.29, 1.82) is 0 Å². The van der Waals surface area contributed by atoms with Gasteiger partial charge in [-0.25, -0.2) is 4.98 Å². The zero-order valence-corrected chi connectivity index (χ0v) is 12.3. The first-order valence-electron chi connectivity index (χ1n) is 7.41. The molecule has 0 aliphatic heterocycles. The summed E-state index contributed by atoms with van der Waals surface area (Å²) in [5, 5.41) is 10.2. The first-order valence-corrected chi connectivity index (χ1v) is 7.41. The first-order chi connectivity index (χ1) is 11.1. The summed E-state index contributed by atoms with van der Waals surface area (Å²) in [5.41, 5.74) is 2.39. The van der Waals surface area contributed by atoms with Crippen LogP contribution in [-0.4, -0.2) is 26.9 Å². The molecule has 0 spiro atoms. The van der Waals surface area contributed by atoms with E-state index in [1.54, 1.807) is 12.3 Å². The fourth-order valence-electron chi connectivity index (χ4n) is 3.01. The minimum atomic E-state index is -0.750. The number of aliphatic carboxylic acids is 1. The van der Waals surface area contributed by atoms with Crippen LogP contribution in [0.2, 0.25) is 0 Å². The Balaban J connectivity index is 1.74. The van der Waals surface area contributed by atoms with Crippen LogP contribution in [0.3, 0.4) is 0 Å². The zero-order chi connectivity index (χ0) is 16.0. The number of hydrogen-bond donors (Lipinski definition) is 1. The highest BCUT2D eigenvalue weighted by Gasteiger charge is 2.51. The van der Waals surface area contributed by atoms with E-state index in [-0.39, 0.29) is 0 Å². The second-order valence-electron chi connectivity index (χ2n) is 5.92. The van der Waals surface area contributed by atoms with Gasteiger partial charge in [0.1, 0.15) is 5.65 Å². The Kier molecular flexibility index (Phi) is 2.84. The van der Waals surface area contributed by atoms with E-state index in [1.165, 1.54) is 0 Å². The Morgan fingerprint density at radius 2 is 1.96 bits per heavy atom. The van der Waals surface area contributed by atoms with Gasteiger partial charge < -0.3 is 9.67 Å². The fourth-order valence-corrected chi connectivity index (χ4v) is 3.01. The summed E-state index contributed by atoms with van der Waals surface area (Å²) in [6.45, 7) is 0. The largest absolute Gasteiger partial charge is 0.481 e. The molecular formula is C18H14N2O3. The highest BCUT2D eigenvalue weighted by atomic mass is 16.4. The second-order valence-corrected chi connectivity index (χ2v) is 5.92. The Bertz CT molecular complexity index is 921. The van der Waals surface area contributed by atoms with Crippen LogP contribution < -0.4 is 0 Å². The van der Waals surface area contributed by atoms with Crippen LogP contribution in [0.25, 0.3) is 16.7 Å². The van der Waals surface area contributed by atoms with Crippen LogP contribution in [0, 0.1) is 0 Å². The number of carboxylic acids is 1. The predicted octanol–water partition coefficient (Wildman–Crippen LogP) is 2.95. The van der Waals surface area contributed by atoms with Crippen LogP contribution in [0.1, 0.15) is 28.8 Å². The van der Waals surface area contributed by atoms with Gasteiger partial charge in [0.15, 0.2) is 6.29 Å². The third-order valence-corrected chi connectivity index (χ3v) is 4.54. The van der Waals surface area contributed by atoms with E-state index in [4.69, 9.17) is 0 Å². The molecule has 2 heterocycles. The van der Waals surface area contributed by atoms with Gasteiger partial charge in [-0.2, -0.15) is 0 Å². The molecule has 1 saturated carbocycles. The lowest BCUT2D eigenvalue weighted by molar-refractivity contribution is -0.140. The molecule has 1 aliphatic rings. The standard InChI is InChI=1S/C18H14N2O3/c21-11-12-9-13-5-8-20(16(13)19-10-12)15-3-1-14(2-4-15)18(6-7-18)17(22)23/h1-5,8-11H,6-7H2,(H,22,23). The van der Waals surface area contributed by atoms with Crippen molar-refractivity contribution in [2.75, 3.05) is 0 Å². The lowest BCUT2D eigenvalue weighted by atomic mass is 9.96. The van der Waals surface area contributed by atoms with E-state index in [0.717, 1.165) is 28.6 Å². The molecule has 0 bridgehead atoms. The third kappa shape index (κ3) is 2.04. The minimum Gasteiger partial charge on any atom is -0.481 e.